The third-order valence-electron chi connectivity index (χ3n) is 3.46. The Hall–Kier alpha value is -1.14. The second-order valence-electron chi connectivity index (χ2n) is 4.94. The molecule has 2 unspecified atom stereocenters. The van der Waals surface area contributed by atoms with Crippen LogP contribution in [-0.2, 0) is 0 Å². The van der Waals surface area contributed by atoms with E-state index in [1.54, 1.807) is 4.90 Å². The van der Waals surface area contributed by atoms with Crippen LogP contribution in [0, 0.1) is 11.7 Å². The normalized spacial score (nSPS) is 23.5. The molecule has 2 atom stereocenters. The predicted molar refractivity (Wildman–Crippen MR) is 74.2 cm³/mol. The SMILES string of the molecule is CC1CN(C(=O)c2cc(N)c(F)cc2Br)CCC1O. The topological polar surface area (TPSA) is 66.6 Å². The average molecular weight is 331 g/mol. The molecule has 0 radical (unpaired) electrons. The Kier molecular flexibility index (Phi) is 4.10. The standard InChI is InChI=1S/C13H16BrFN2O2/c1-7-6-17(3-2-12(7)18)13(19)8-4-11(16)10(15)5-9(8)14/h4-5,7,12,18H,2-3,6,16H2,1H3. The maximum atomic E-state index is 13.3. The number of hydrogen-bond acceptors (Lipinski definition) is 3. The summed E-state index contributed by atoms with van der Waals surface area (Å²) in [5, 5.41) is 9.67. The maximum absolute atomic E-state index is 13.3. The highest BCUT2D eigenvalue weighted by Gasteiger charge is 2.28. The Balaban J connectivity index is 2.23. The zero-order valence-electron chi connectivity index (χ0n) is 10.6. The number of nitrogens with zero attached hydrogens (tertiary/aromatic N) is 1. The van der Waals surface area contributed by atoms with Crippen molar-refractivity contribution in [3.05, 3.63) is 28.0 Å². The van der Waals surface area contributed by atoms with Crippen LogP contribution in [0.5, 0.6) is 0 Å². The van der Waals surface area contributed by atoms with Crippen LogP contribution in [-0.4, -0.2) is 35.1 Å². The molecule has 6 heteroatoms. The summed E-state index contributed by atoms with van der Waals surface area (Å²) in [5.41, 5.74) is 5.80. The van der Waals surface area contributed by atoms with E-state index in [4.69, 9.17) is 5.73 Å². The van der Waals surface area contributed by atoms with Crippen molar-refractivity contribution in [1.29, 1.82) is 0 Å². The summed E-state index contributed by atoms with van der Waals surface area (Å²) in [7, 11) is 0. The number of rotatable bonds is 1. The summed E-state index contributed by atoms with van der Waals surface area (Å²) < 4.78 is 13.7. The lowest BCUT2D eigenvalue weighted by Crippen LogP contribution is -2.45. The van der Waals surface area contributed by atoms with Crippen molar-refractivity contribution >= 4 is 27.5 Å². The third-order valence-corrected chi connectivity index (χ3v) is 4.12. The van der Waals surface area contributed by atoms with Crippen molar-refractivity contribution in [3.63, 3.8) is 0 Å². The van der Waals surface area contributed by atoms with E-state index >= 15 is 0 Å². The zero-order valence-corrected chi connectivity index (χ0v) is 12.2. The lowest BCUT2D eigenvalue weighted by atomic mass is 9.96. The Labute approximate surface area is 119 Å². The molecule has 0 aromatic heterocycles. The van der Waals surface area contributed by atoms with Crippen molar-refractivity contribution in [1.82, 2.24) is 4.90 Å². The molecule has 0 aliphatic carbocycles. The van der Waals surface area contributed by atoms with Gasteiger partial charge in [0, 0.05) is 17.6 Å². The van der Waals surface area contributed by atoms with E-state index in [-0.39, 0.29) is 23.6 Å². The van der Waals surface area contributed by atoms with Gasteiger partial charge in [-0.3, -0.25) is 4.79 Å². The molecule has 104 valence electrons. The summed E-state index contributed by atoms with van der Waals surface area (Å²) in [5.74, 6) is -0.711. The van der Waals surface area contributed by atoms with E-state index in [9.17, 15) is 14.3 Å². The molecule has 1 aromatic rings. The highest BCUT2D eigenvalue weighted by Crippen LogP contribution is 2.26. The minimum Gasteiger partial charge on any atom is -0.396 e. The number of hydrogen-bond donors (Lipinski definition) is 2. The van der Waals surface area contributed by atoms with Crippen LogP contribution in [0.2, 0.25) is 0 Å². The lowest BCUT2D eigenvalue weighted by Gasteiger charge is -2.34. The van der Waals surface area contributed by atoms with E-state index in [0.29, 0.717) is 29.5 Å². The average Bonchev–Trinajstić information content (AvgIpc) is 2.36. The molecule has 2 rings (SSSR count). The van der Waals surface area contributed by atoms with Gasteiger partial charge in [-0.1, -0.05) is 6.92 Å². The van der Waals surface area contributed by atoms with E-state index in [1.807, 2.05) is 6.92 Å². The summed E-state index contributed by atoms with van der Waals surface area (Å²) in [6.07, 6.45) is 0.187. The number of likely N-dealkylation sites (tertiary alicyclic amines) is 1. The molecular formula is C13H16BrFN2O2. The van der Waals surface area contributed by atoms with Gasteiger partial charge in [0.2, 0.25) is 0 Å². The molecular weight excluding hydrogens is 315 g/mol. The molecule has 4 nitrogen and oxygen atoms in total. The predicted octanol–water partition coefficient (Wildman–Crippen LogP) is 2.01. The van der Waals surface area contributed by atoms with Crippen LogP contribution in [0.1, 0.15) is 23.7 Å². The van der Waals surface area contributed by atoms with Crippen molar-refractivity contribution in [2.24, 2.45) is 5.92 Å². The first-order valence-electron chi connectivity index (χ1n) is 6.12. The van der Waals surface area contributed by atoms with E-state index < -0.39 is 5.82 Å². The van der Waals surface area contributed by atoms with Crippen molar-refractivity contribution in [3.8, 4) is 0 Å². The Morgan fingerprint density at radius 1 is 1.58 bits per heavy atom. The molecule has 1 heterocycles. The van der Waals surface area contributed by atoms with Gasteiger partial charge in [0.05, 0.1) is 17.4 Å². The lowest BCUT2D eigenvalue weighted by molar-refractivity contribution is 0.0297. The van der Waals surface area contributed by atoms with Crippen LogP contribution in [0.3, 0.4) is 0 Å². The second-order valence-corrected chi connectivity index (χ2v) is 5.79. The van der Waals surface area contributed by atoms with Gasteiger partial charge in [-0.25, -0.2) is 4.39 Å². The number of nitrogens with two attached hydrogens (primary N) is 1. The number of aliphatic hydroxyl groups excluding tert-OH is 1. The summed E-state index contributed by atoms with van der Waals surface area (Å²) in [4.78, 5) is 14.0. The van der Waals surface area contributed by atoms with Crippen LogP contribution in [0.15, 0.2) is 16.6 Å². The fourth-order valence-corrected chi connectivity index (χ4v) is 2.70. The van der Waals surface area contributed by atoms with Crippen LogP contribution in [0.25, 0.3) is 0 Å². The number of halogens is 2. The van der Waals surface area contributed by atoms with E-state index in [2.05, 4.69) is 15.9 Å². The highest BCUT2D eigenvalue weighted by atomic mass is 79.9. The number of anilines is 1. The molecule has 0 bridgehead atoms. The Morgan fingerprint density at radius 2 is 2.26 bits per heavy atom. The molecule has 1 fully saturated rings. The molecule has 0 saturated carbocycles. The molecule has 0 spiro atoms. The number of aliphatic hydroxyl groups is 1. The monoisotopic (exact) mass is 330 g/mol. The molecule has 1 aliphatic rings. The van der Waals surface area contributed by atoms with Gasteiger partial charge in [-0.2, -0.15) is 0 Å². The third kappa shape index (κ3) is 2.90. The van der Waals surface area contributed by atoms with Crippen molar-refractivity contribution in [2.75, 3.05) is 18.8 Å². The van der Waals surface area contributed by atoms with E-state index in [0.717, 1.165) is 0 Å². The van der Waals surface area contributed by atoms with Gasteiger partial charge in [0.1, 0.15) is 5.82 Å². The Bertz CT molecular complexity index is 510. The minimum atomic E-state index is -0.550. The number of amides is 1. The van der Waals surface area contributed by atoms with E-state index in [1.165, 1.54) is 12.1 Å². The first-order valence-corrected chi connectivity index (χ1v) is 6.91. The van der Waals surface area contributed by atoms with Gasteiger partial charge < -0.3 is 15.7 Å². The van der Waals surface area contributed by atoms with Gasteiger partial charge in [0.25, 0.3) is 5.91 Å². The van der Waals surface area contributed by atoms with Gasteiger partial charge in [-0.05, 0) is 40.4 Å². The molecule has 19 heavy (non-hydrogen) atoms. The molecule has 1 saturated heterocycles. The number of benzene rings is 1. The highest BCUT2D eigenvalue weighted by molar-refractivity contribution is 9.10. The van der Waals surface area contributed by atoms with Gasteiger partial charge in [-0.15, -0.1) is 0 Å². The molecule has 3 N–H and O–H groups in total. The maximum Gasteiger partial charge on any atom is 0.255 e. The number of nitrogen functional groups attached to an aromatic ring is 1. The van der Waals surface area contributed by atoms with Crippen molar-refractivity contribution < 1.29 is 14.3 Å². The van der Waals surface area contributed by atoms with Gasteiger partial charge >= 0.3 is 0 Å². The molecule has 1 aromatic carbocycles. The fourth-order valence-electron chi connectivity index (χ4n) is 2.22. The summed E-state index contributed by atoms with van der Waals surface area (Å²) in [6, 6.07) is 2.54. The first kappa shape index (κ1) is 14.3. The summed E-state index contributed by atoms with van der Waals surface area (Å²) >= 11 is 3.18. The molecule has 1 aliphatic heterocycles. The fraction of sp³-hybridized carbons (Fsp3) is 0.462. The number of piperidine rings is 1. The summed E-state index contributed by atoms with van der Waals surface area (Å²) in [6.45, 7) is 2.88. The second kappa shape index (κ2) is 5.46. The number of carbonyl (C=O) groups excluding carboxylic acids is 1. The minimum absolute atomic E-state index is 0.0364. The first-order chi connectivity index (χ1) is 8.90. The van der Waals surface area contributed by atoms with Crippen molar-refractivity contribution in [2.45, 2.75) is 19.4 Å². The van der Waals surface area contributed by atoms with Crippen LogP contribution < -0.4 is 5.73 Å². The Morgan fingerprint density at radius 3 is 2.89 bits per heavy atom. The smallest absolute Gasteiger partial charge is 0.255 e. The van der Waals surface area contributed by atoms with Crippen LogP contribution in [0.4, 0.5) is 10.1 Å². The zero-order chi connectivity index (χ0) is 14.2. The molecule has 1 amide bonds. The van der Waals surface area contributed by atoms with Crippen LogP contribution >= 0.6 is 15.9 Å². The number of carbonyl (C=O) groups is 1. The quantitative estimate of drug-likeness (QED) is 0.774. The largest absolute Gasteiger partial charge is 0.396 e. The van der Waals surface area contributed by atoms with Gasteiger partial charge in [0.15, 0.2) is 0 Å².